The van der Waals surface area contributed by atoms with Crippen LogP contribution in [-0.4, -0.2) is 16.6 Å². The van der Waals surface area contributed by atoms with Crippen LogP contribution in [0.2, 0.25) is 10.0 Å². The number of benzene rings is 1. The highest BCUT2D eigenvalue weighted by molar-refractivity contribution is 7.99. The van der Waals surface area contributed by atoms with Gasteiger partial charge >= 0.3 is 0 Å². The zero-order valence-electron chi connectivity index (χ0n) is 9.96. The number of aliphatic hydroxyl groups is 1. The first-order valence-electron chi connectivity index (χ1n) is 5.58. The first kappa shape index (κ1) is 13.5. The third-order valence-electron chi connectivity index (χ3n) is 3.03. The molecule has 0 amide bonds. The molecule has 1 atom stereocenters. The topological polar surface area (TPSA) is 20.2 Å². The summed E-state index contributed by atoms with van der Waals surface area (Å²) in [5.41, 5.74) is 0.00416. The zero-order valence-corrected chi connectivity index (χ0v) is 12.3. The van der Waals surface area contributed by atoms with Gasteiger partial charge in [-0.1, -0.05) is 37.0 Å². The van der Waals surface area contributed by atoms with Gasteiger partial charge in [0, 0.05) is 21.4 Å². The Balaban J connectivity index is 2.40. The Morgan fingerprint density at radius 1 is 1.24 bits per heavy atom. The number of hydrogen-bond donors (Lipinski definition) is 1. The molecule has 0 spiro atoms. The van der Waals surface area contributed by atoms with Crippen LogP contribution in [0.4, 0.5) is 0 Å². The summed E-state index contributed by atoms with van der Waals surface area (Å²) in [5, 5.41) is 12.0. The molecule has 17 heavy (non-hydrogen) atoms. The molecular formula is C13H16Cl2OS. The first-order valence-corrected chi connectivity index (χ1v) is 7.49. The fourth-order valence-electron chi connectivity index (χ4n) is 2.42. The van der Waals surface area contributed by atoms with Crippen LogP contribution < -0.4 is 0 Å². The van der Waals surface area contributed by atoms with E-state index >= 15 is 0 Å². The van der Waals surface area contributed by atoms with E-state index in [0.717, 1.165) is 11.3 Å². The molecule has 1 N–H and O–H groups in total. The molecule has 1 heterocycles. The van der Waals surface area contributed by atoms with E-state index in [4.69, 9.17) is 23.2 Å². The molecule has 0 aliphatic carbocycles. The lowest BCUT2D eigenvalue weighted by Crippen LogP contribution is -2.40. The van der Waals surface area contributed by atoms with Gasteiger partial charge in [0.1, 0.15) is 5.60 Å². The van der Waals surface area contributed by atoms with E-state index in [1.807, 2.05) is 0 Å². The number of thioether (sulfide) groups is 1. The molecule has 1 aliphatic rings. The SMILES string of the molecule is CC1(C)CSCC(O)(c2cc(Cl)ccc2Cl)C1. The largest absolute Gasteiger partial charge is 0.384 e. The molecule has 4 heteroatoms. The fraction of sp³-hybridized carbons (Fsp3) is 0.538. The van der Waals surface area contributed by atoms with E-state index in [9.17, 15) is 5.11 Å². The van der Waals surface area contributed by atoms with Crippen molar-refractivity contribution in [3.05, 3.63) is 33.8 Å². The molecule has 1 aliphatic heterocycles. The third kappa shape index (κ3) is 2.93. The molecule has 1 nitrogen and oxygen atoms in total. The summed E-state index contributed by atoms with van der Waals surface area (Å²) >= 11 is 13.9. The van der Waals surface area contributed by atoms with Crippen LogP contribution in [-0.2, 0) is 5.60 Å². The van der Waals surface area contributed by atoms with Gasteiger partial charge in [-0.3, -0.25) is 0 Å². The molecule has 1 aromatic carbocycles. The lowest BCUT2D eigenvalue weighted by molar-refractivity contribution is 0.0157. The van der Waals surface area contributed by atoms with Crippen LogP contribution >= 0.6 is 35.0 Å². The van der Waals surface area contributed by atoms with Crippen molar-refractivity contribution in [1.29, 1.82) is 0 Å². The van der Waals surface area contributed by atoms with Gasteiger partial charge in [-0.25, -0.2) is 0 Å². The highest BCUT2D eigenvalue weighted by Crippen LogP contribution is 2.46. The Bertz CT molecular complexity index is 433. The van der Waals surface area contributed by atoms with Gasteiger partial charge in [-0.05, 0) is 35.8 Å². The molecule has 0 bridgehead atoms. The van der Waals surface area contributed by atoms with Crippen LogP contribution in [0.3, 0.4) is 0 Å². The summed E-state index contributed by atoms with van der Waals surface area (Å²) < 4.78 is 0. The monoisotopic (exact) mass is 290 g/mol. The summed E-state index contributed by atoms with van der Waals surface area (Å²) in [4.78, 5) is 0. The highest BCUT2D eigenvalue weighted by Gasteiger charge is 2.41. The summed E-state index contributed by atoms with van der Waals surface area (Å²) in [6, 6.07) is 5.28. The minimum absolute atomic E-state index is 0.114. The van der Waals surface area contributed by atoms with Gasteiger partial charge in [0.15, 0.2) is 0 Å². The van der Waals surface area contributed by atoms with Crippen molar-refractivity contribution in [3.8, 4) is 0 Å². The molecule has 1 unspecified atom stereocenters. The van der Waals surface area contributed by atoms with Gasteiger partial charge in [-0.2, -0.15) is 11.8 Å². The molecule has 1 fully saturated rings. The maximum absolute atomic E-state index is 10.8. The van der Waals surface area contributed by atoms with Crippen LogP contribution in [0.1, 0.15) is 25.8 Å². The number of halogens is 2. The Morgan fingerprint density at radius 3 is 2.59 bits per heavy atom. The van der Waals surface area contributed by atoms with E-state index in [0.29, 0.717) is 22.2 Å². The minimum atomic E-state index is -0.867. The smallest absolute Gasteiger partial charge is 0.101 e. The van der Waals surface area contributed by atoms with E-state index in [1.54, 1.807) is 30.0 Å². The lowest BCUT2D eigenvalue weighted by Gasteiger charge is -2.41. The van der Waals surface area contributed by atoms with Crippen molar-refractivity contribution < 1.29 is 5.11 Å². The van der Waals surface area contributed by atoms with E-state index in [1.165, 1.54) is 0 Å². The van der Waals surface area contributed by atoms with Gasteiger partial charge in [0.25, 0.3) is 0 Å². The summed E-state index contributed by atoms with van der Waals surface area (Å²) in [6.07, 6.45) is 0.715. The van der Waals surface area contributed by atoms with Gasteiger partial charge in [0.2, 0.25) is 0 Å². The summed E-state index contributed by atoms with van der Waals surface area (Å²) in [7, 11) is 0. The lowest BCUT2D eigenvalue weighted by atomic mass is 9.78. The second-order valence-corrected chi connectivity index (χ2v) is 7.32. The fourth-order valence-corrected chi connectivity index (χ4v) is 4.23. The van der Waals surface area contributed by atoms with Crippen molar-refractivity contribution in [3.63, 3.8) is 0 Å². The Kier molecular flexibility index (Phi) is 3.71. The quantitative estimate of drug-likeness (QED) is 0.830. The van der Waals surface area contributed by atoms with Crippen LogP contribution in [0.5, 0.6) is 0 Å². The zero-order chi connectivity index (χ0) is 12.7. The molecule has 0 radical (unpaired) electrons. The Morgan fingerprint density at radius 2 is 1.94 bits per heavy atom. The average molecular weight is 291 g/mol. The van der Waals surface area contributed by atoms with Crippen LogP contribution in [0, 0.1) is 5.41 Å². The molecule has 2 rings (SSSR count). The minimum Gasteiger partial charge on any atom is -0.384 e. The summed E-state index contributed by atoms with van der Waals surface area (Å²) in [6.45, 7) is 4.34. The maximum atomic E-state index is 10.8. The molecule has 0 aromatic heterocycles. The molecule has 1 aromatic rings. The second-order valence-electron chi connectivity index (χ2n) is 5.49. The normalized spacial score (nSPS) is 28.1. The Labute approximate surface area is 117 Å². The number of rotatable bonds is 1. The van der Waals surface area contributed by atoms with Gasteiger partial charge < -0.3 is 5.11 Å². The molecular weight excluding hydrogens is 275 g/mol. The summed E-state index contributed by atoms with van der Waals surface area (Å²) in [5.74, 6) is 1.74. The van der Waals surface area contributed by atoms with Crippen molar-refractivity contribution >= 4 is 35.0 Å². The standard InChI is InChI=1S/C13H16Cl2OS/c1-12(2)6-13(16,8-17-7-12)10-5-9(14)3-4-11(10)15/h3-5,16H,6-8H2,1-2H3. The van der Waals surface area contributed by atoms with Gasteiger partial charge in [0.05, 0.1) is 0 Å². The van der Waals surface area contributed by atoms with Crippen molar-refractivity contribution in [2.24, 2.45) is 5.41 Å². The first-order chi connectivity index (χ1) is 7.82. The van der Waals surface area contributed by atoms with E-state index < -0.39 is 5.60 Å². The molecule has 1 saturated heterocycles. The van der Waals surface area contributed by atoms with Crippen molar-refractivity contribution in [1.82, 2.24) is 0 Å². The second kappa shape index (κ2) is 4.65. The van der Waals surface area contributed by atoms with Crippen molar-refractivity contribution in [2.45, 2.75) is 25.9 Å². The van der Waals surface area contributed by atoms with E-state index in [-0.39, 0.29) is 5.41 Å². The third-order valence-corrected chi connectivity index (χ3v) is 5.27. The predicted molar refractivity (Wildman–Crippen MR) is 76.1 cm³/mol. The number of hydrogen-bond acceptors (Lipinski definition) is 2. The van der Waals surface area contributed by atoms with Crippen molar-refractivity contribution in [2.75, 3.05) is 11.5 Å². The molecule has 94 valence electrons. The van der Waals surface area contributed by atoms with E-state index in [2.05, 4.69) is 13.8 Å². The Hall–Kier alpha value is 0.110. The van der Waals surface area contributed by atoms with Crippen LogP contribution in [0.15, 0.2) is 18.2 Å². The van der Waals surface area contributed by atoms with Crippen LogP contribution in [0.25, 0.3) is 0 Å². The highest BCUT2D eigenvalue weighted by atomic mass is 35.5. The predicted octanol–water partition coefficient (Wildman–Crippen LogP) is 4.34. The van der Waals surface area contributed by atoms with Gasteiger partial charge in [-0.15, -0.1) is 0 Å². The molecule has 0 saturated carbocycles. The maximum Gasteiger partial charge on any atom is 0.101 e. The average Bonchev–Trinajstić information content (AvgIpc) is 2.19.